The predicted octanol–water partition coefficient (Wildman–Crippen LogP) is 12.9. The van der Waals surface area contributed by atoms with Crippen LogP contribution in [0.25, 0.3) is 0 Å². The van der Waals surface area contributed by atoms with E-state index in [-0.39, 0.29) is 10.8 Å². The van der Waals surface area contributed by atoms with Crippen LogP contribution in [-0.2, 0) is 24.3 Å². The van der Waals surface area contributed by atoms with Gasteiger partial charge in [0.15, 0.2) is 0 Å². The van der Waals surface area contributed by atoms with Crippen LogP contribution in [0.1, 0.15) is 232 Å². The van der Waals surface area contributed by atoms with Crippen LogP contribution in [0.2, 0.25) is 0 Å². The number of ketones is 1. The summed E-state index contributed by atoms with van der Waals surface area (Å²) in [5, 5.41) is 8.83. The second kappa shape index (κ2) is 40.7. The van der Waals surface area contributed by atoms with Gasteiger partial charge in [-0.25, -0.2) is 13.1 Å². The van der Waals surface area contributed by atoms with Crippen molar-refractivity contribution in [2.75, 3.05) is 40.1 Å². The molecule has 0 radical (unpaired) electrons. The maximum absolute atomic E-state index is 12.0. The number of methoxy groups -OCH3 is 1. The van der Waals surface area contributed by atoms with E-state index in [4.69, 9.17) is 9.84 Å². The Morgan fingerprint density at radius 1 is 0.696 bits per heavy atom. The van der Waals surface area contributed by atoms with E-state index in [1.165, 1.54) is 89.7 Å². The van der Waals surface area contributed by atoms with Gasteiger partial charge in [0.05, 0.1) is 11.9 Å². The topological polar surface area (TPSA) is 113 Å². The van der Waals surface area contributed by atoms with E-state index in [1.807, 2.05) is 39.6 Å². The van der Waals surface area contributed by atoms with Gasteiger partial charge in [0.25, 0.3) is 0 Å². The lowest BCUT2D eigenvalue weighted by atomic mass is 9.85. The van der Waals surface area contributed by atoms with Gasteiger partial charge >= 0.3 is 0 Å². The van der Waals surface area contributed by atoms with Gasteiger partial charge in [-0.05, 0) is 69.6 Å². The number of nitrogens with one attached hydrogen (secondary N) is 1. The number of amides is 1. The van der Waals surface area contributed by atoms with Crippen LogP contribution in [-0.4, -0.2) is 75.8 Å². The van der Waals surface area contributed by atoms with E-state index in [1.54, 1.807) is 27.9 Å². The number of nitrogens with zero attached hydrogens (tertiary/aromatic N) is 1. The molecule has 0 aliphatic rings. The van der Waals surface area contributed by atoms with Crippen molar-refractivity contribution in [1.82, 2.24) is 9.62 Å². The smallest absolute Gasteiger partial charge is 0.222 e. The van der Waals surface area contributed by atoms with E-state index < -0.39 is 15.6 Å². The highest BCUT2D eigenvalue weighted by atomic mass is 32.2. The highest BCUT2D eigenvalue weighted by molar-refractivity contribution is 7.88. The van der Waals surface area contributed by atoms with Crippen LogP contribution in [0, 0.1) is 16.7 Å². The van der Waals surface area contributed by atoms with Crippen molar-refractivity contribution in [2.45, 2.75) is 237 Å². The van der Waals surface area contributed by atoms with E-state index in [0.717, 1.165) is 64.0 Å². The monoisotopic (exact) mass is 823 g/mol. The number of ether oxygens (including phenoxy) is 1. The first-order valence-corrected chi connectivity index (χ1v) is 24.6. The number of rotatable bonds is 28. The van der Waals surface area contributed by atoms with Gasteiger partial charge in [-0.3, -0.25) is 4.79 Å². The van der Waals surface area contributed by atoms with Crippen molar-refractivity contribution in [1.29, 1.82) is 0 Å². The molecule has 0 spiro atoms. The zero-order chi connectivity index (χ0) is 44.7. The van der Waals surface area contributed by atoms with Crippen LogP contribution in [0.4, 0.5) is 0 Å². The fraction of sp³-hybridized carbons (Fsp3) is 0.957. The lowest BCUT2D eigenvalue weighted by Crippen LogP contribution is -2.32. The van der Waals surface area contributed by atoms with Crippen molar-refractivity contribution in [3.63, 3.8) is 0 Å². The average molecular weight is 823 g/mol. The van der Waals surface area contributed by atoms with E-state index in [2.05, 4.69) is 53.2 Å². The van der Waals surface area contributed by atoms with Crippen LogP contribution in [0.15, 0.2) is 0 Å². The lowest BCUT2D eigenvalue weighted by Gasteiger charge is -2.21. The molecule has 0 heterocycles. The van der Waals surface area contributed by atoms with Crippen molar-refractivity contribution >= 4 is 21.7 Å². The van der Waals surface area contributed by atoms with Gasteiger partial charge in [-0.2, -0.15) is 0 Å². The number of carbonyl (C=O) groups excluding carboxylic acids is 2. The highest BCUT2D eigenvalue weighted by Gasteiger charge is 2.17. The first-order chi connectivity index (χ1) is 25.8. The molecule has 0 saturated carbocycles. The quantitative estimate of drug-likeness (QED) is 0.0760. The Bertz CT molecular complexity index is 958. The molecular formula is C47H102N2O6S. The van der Waals surface area contributed by atoms with E-state index in [0.29, 0.717) is 24.7 Å². The molecule has 2 N–H and O–H groups in total. The van der Waals surface area contributed by atoms with Crippen LogP contribution < -0.4 is 4.72 Å². The summed E-state index contributed by atoms with van der Waals surface area (Å²) in [6.45, 7) is 30.8. The molecule has 0 atom stereocenters. The molecule has 0 aromatic carbocycles. The molecule has 0 bridgehead atoms. The lowest BCUT2D eigenvalue weighted by molar-refractivity contribution is -0.130. The number of Topliss-reactive ketones (excluding diaryl/α,β-unsaturated/α-hetero) is 1. The minimum absolute atomic E-state index is 0.0586. The Hall–Kier alpha value is -1.03. The summed E-state index contributed by atoms with van der Waals surface area (Å²) in [4.78, 5) is 24.5. The summed E-state index contributed by atoms with van der Waals surface area (Å²) < 4.78 is 28.9. The van der Waals surface area contributed by atoms with Gasteiger partial charge in [0.2, 0.25) is 15.9 Å². The van der Waals surface area contributed by atoms with Crippen molar-refractivity contribution in [3.05, 3.63) is 0 Å². The fourth-order valence-electron chi connectivity index (χ4n) is 4.46. The summed E-state index contributed by atoms with van der Waals surface area (Å²) in [7, 11) is 0.636. The predicted molar refractivity (Wildman–Crippen MR) is 247 cm³/mol. The zero-order valence-electron chi connectivity index (χ0n) is 40.9. The third kappa shape index (κ3) is 64.8. The Balaban J connectivity index is -0.000000229. The van der Waals surface area contributed by atoms with Gasteiger partial charge in [-0.1, -0.05) is 166 Å². The summed E-state index contributed by atoms with van der Waals surface area (Å²) >= 11 is 0. The molecule has 0 aliphatic carbocycles. The standard InChI is InChI=1S/C22H45NO2.C8H16O.C7H17NO2S.C5H12O.C5H12/c1-4-5-6-7-8-9-10-11-12-13-14-15-16-19-22(24)23(2)20-17-18-21-25-3;1-5-8(3,4)6-7(2)9;1-5-7(2,3)6-8-11(4,9)10;1-4-5(2,3)6;1-4-5(2)3/h4-21H2,1-3H3;5-6H2,1-4H3;8H,5-6H2,1-4H3;6H,4H2,1-3H3;5H,4H2,1-3H3. The number of unbranched alkanes of at least 4 members (excludes halogenated alkanes) is 13. The first-order valence-electron chi connectivity index (χ1n) is 22.7. The third-order valence-electron chi connectivity index (χ3n) is 10.1. The minimum Gasteiger partial charge on any atom is -0.390 e. The van der Waals surface area contributed by atoms with Crippen LogP contribution >= 0.6 is 0 Å². The number of hydrogen-bond acceptors (Lipinski definition) is 6. The molecular weight excluding hydrogens is 721 g/mol. The number of sulfonamides is 1. The number of carbonyl (C=O) groups is 2. The minimum atomic E-state index is -3.02. The largest absolute Gasteiger partial charge is 0.390 e. The maximum Gasteiger partial charge on any atom is 0.222 e. The summed E-state index contributed by atoms with van der Waals surface area (Å²) in [6, 6.07) is 0. The van der Waals surface area contributed by atoms with Gasteiger partial charge < -0.3 is 19.5 Å². The molecule has 0 aromatic heterocycles. The van der Waals surface area contributed by atoms with Crippen molar-refractivity contribution in [3.8, 4) is 0 Å². The summed E-state index contributed by atoms with van der Waals surface area (Å²) in [6.07, 6.45) is 26.4. The van der Waals surface area contributed by atoms with Crippen LogP contribution in [0.3, 0.4) is 0 Å². The summed E-state index contributed by atoms with van der Waals surface area (Å²) in [5.41, 5.74) is -0.186. The SMILES string of the molecule is CCC(C)(C)CC(C)=O.CCC(C)(C)CNS(C)(=O)=O.CCC(C)(C)O.CCC(C)C.CCCCCCCCCCCCCCCC(=O)N(C)CCCCOC. The second-order valence-electron chi connectivity index (χ2n) is 18.5. The maximum atomic E-state index is 12.0. The van der Waals surface area contributed by atoms with E-state index >= 15 is 0 Å². The Morgan fingerprint density at radius 3 is 1.38 bits per heavy atom. The van der Waals surface area contributed by atoms with E-state index in [9.17, 15) is 18.0 Å². The molecule has 342 valence electrons. The van der Waals surface area contributed by atoms with Crippen LogP contribution in [0.5, 0.6) is 0 Å². The highest BCUT2D eigenvalue weighted by Crippen LogP contribution is 2.24. The first kappa shape index (κ1) is 64.1. The van der Waals surface area contributed by atoms with Gasteiger partial charge in [0.1, 0.15) is 5.78 Å². The molecule has 0 unspecified atom stereocenters. The third-order valence-corrected chi connectivity index (χ3v) is 10.8. The Kier molecular flexibility index (Phi) is 46.6. The molecule has 0 aromatic rings. The second-order valence-corrected chi connectivity index (χ2v) is 20.3. The van der Waals surface area contributed by atoms with Crippen molar-refractivity contribution in [2.24, 2.45) is 16.7 Å². The molecule has 0 saturated heterocycles. The average Bonchev–Trinajstić information content (AvgIpc) is 3.11. The Labute approximate surface area is 352 Å². The molecule has 56 heavy (non-hydrogen) atoms. The molecule has 0 aliphatic heterocycles. The molecule has 0 fully saturated rings. The van der Waals surface area contributed by atoms with Crippen molar-refractivity contribution < 1.29 is 27.9 Å². The zero-order valence-corrected chi connectivity index (χ0v) is 41.7. The van der Waals surface area contributed by atoms with Gasteiger partial charge in [-0.15, -0.1) is 0 Å². The number of hydrogen-bond donors (Lipinski definition) is 2. The normalized spacial score (nSPS) is 11.6. The number of aliphatic hydroxyl groups is 1. The molecule has 9 heteroatoms. The molecule has 1 amide bonds. The summed E-state index contributed by atoms with van der Waals surface area (Å²) in [5.74, 6) is 1.48. The Morgan fingerprint density at radius 2 is 1.09 bits per heavy atom. The molecule has 8 nitrogen and oxygen atoms in total. The fourth-order valence-corrected chi connectivity index (χ4v) is 5.11. The van der Waals surface area contributed by atoms with Gasteiger partial charge in [0, 0.05) is 46.7 Å². The molecule has 0 rings (SSSR count).